The van der Waals surface area contributed by atoms with Crippen molar-refractivity contribution < 1.29 is 4.74 Å². The molecule has 3 nitrogen and oxygen atoms in total. The van der Waals surface area contributed by atoms with Crippen molar-refractivity contribution in [2.75, 3.05) is 39.9 Å². The van der Waals surface area contributed by atoms with Gasteiger partial charge >= 0.3 is 0 Å². The fourth-order valence-electron chi connectivity index (χ4n) is 0.999. The number of ether oxygens (including phenoxy) is 1. The maximum Gasteiger partial charge on any atom is 0.0621 e. The summed E-state index contributed by atoms with van der Waals surface area (Å²) in [4.78, 5) is 2.29. The second kappa shape index (κ2) is 5.00. The molecule has 62 valence electrons. The Labute approximate surface area is 67.7 Å². The molecule has 0 aromatic heterocycles. The van der Waals surface area contributed by atoms with Gasteiger partial charge in [-0.3, -0.25) is 4.90 Å². The van der Waals surface area contributed by atoms with E-state index in [2.05, 4.69) is 22.2 Å². The molecule has 0 aromatic carbocycles. The summed E-state index contributed by atoms with van der Waals surface area (Å²) in [5, 5.41) is 2.79. The zero-order valence-corrected chi connectivity index (χ0v) is 6.89. The van der Waals surface area contributed by atoms with E-state index in [1.54, 1.807) is 0 Å². The van der Waals surface area contributed by atoms with Gasteiger partial charge in [0.2, 0.25) is 0 Å². The Morgan fingerprint density at radius 1 is 1.45 bits per heavy atom. The molecule has 0 spiro atoms. The molecule has 1 aliphatic heterocycles. The van der Waals surface area contributed by atoms with Gasteiger partial charge in [0, 0.05) is 26.2 Å². The summed E-state index contributed by atoms with van der Waals surface area (Å²) in [5.41, 5.74) is 0. The molecule has 0 bridgehead atoms. The van der Waals surface area contributed by atoms with Crippen molar-refractivity contribution >= 4 is 0 Å². The maximum absolute atomic E-state index is 5.20. The van der Waals surface area contributed by atoms with Crippen LogP contribution < -0.4 is 5.32 Å². The van der Waals surface area contributed by atoms with Crippen LogP contribution in [0.3, 0.4) is 0 Å². The molecule has 1 N–H and O–H groups in total. The number of rotatable bonds is 1. The summed E-state index contributed by atoms with van der Waals surface area (Å²) in [7, 11) is 1.83. The Morgan fingerprint density at radius 3 is 2.82 bits per heavy atom. The molecule has 1 aliphatic rings. The van der Waals surface area contributed by atoms with Gasteiger partial charge in [0.1, 0.15) is 0 Å². The largest absolute Gasteiger partial charge is 0.379 e. The Hall–Kier alpha value is -0.720. The average Bonchev–Trinajstić information content (AvgIpc) is 2.07. The lowest BCUT2D eigenvalue weighted by molar-refractivity contribution is 0.0443. The van der Waals surface area contributed by atoms with Gasteiger partial charge in [-0.15, -0.1) is 0 Å². The lowest BCUT2D eigenvalue weighted by Gasteiger charge is -2.24. The van der Waals surface area contributed by atoms with Crippen molar-refractivity contribution in [2.24, 2.45) is 0 Å². The Morgan fingerprint density at radius 2 is 2.18 bits per heavy atom. The van der Waals surface area contributed by atoms with Crippen molar-refractivity contribution in [3.05, 3.63) is 0 Å². The van der Waals surface area contributed by atoms with Crippen molar-refractivity contribution in [3.63, 3.8) is 0 Å². The van der Waals surface area contributed by atoms with E-state index < -0.39 is 0 Å². The predicted molar refractivity (Wildman–Crippen MR) is 44.1 cm³/mol. The van der Waals surface area contributed by atoms with Gasteiger partial charge in [-0.05, 0) is 0 Å². The molecule has 0 saturated carbocycles. The summed E-state index contributed by atoms with van der Waals surface area (Å²) >= 11 is 0. The van der Waals surface area contributed by atoms with Crippen molar-refractivity contribution in [1.29, 1.82) is 0 Å². The van der Waals surface area contributed by atoms with Gasteiger partial charge in [0.15, 0.2) is 0 Å². The predicted octanol–water partition coefficient (Wildman–Crippen LogP) is -0.501. The van der Waals surface area contributed by atoms with Gasteiger partial charge in [0.05, 0.1) is 19.8 Å². The first kappa shape index (κ1) is 8.38. The van der Waals surface area contributed by atoms with Crippen LogP contribution in [-0.2, 0) is 4.74 Å². The Balaban J connectivity index is 2.14. The molecule has 0 aromatic rings. The molecule has 1 saturated heterocycles. The number of morpholine rings is 1. The van der Waals surface area contributed by atoms with E-state index in [1.165, 1.54) is 0 Å². The zero-order valence-electron chi connectivity index (χ0n) is 6.89. The molecule has 3 heteroatoms. The van der Waals surface area contributed by atoms with Crippen LogP contribution in [0.15, 0.2) is 0 Å². The van der Waals surface area contributed by atoms with Crippen LogP contribution in [0.25, 0.3) is 0 Å². The molecule has 0 atom stereocenters. The molecule has 1 fully saturated rings. The highest BCUT2D eigenvalue weighted by atomic mass is 16.5. The Kier molecular flexibility index (Phi) is 3.81. The third kappa shape index (κ3) is 3.26. The first-order valence-corrected chi connectivity index (χ1v) is 3.88. The monoisotopic (exact) mass is 154 g/mol. The lowest BCUT2D eigenvalue weighted by Crippen LogP contribution is -2.36. The van der Waals surface area contributed by atoms with Crippen LogP contribution in [0.1, 0.15) is 0 Å². The van der Waals surface area contributed by atoms with Gasteiger partial charge in [-0.1, -0.05) is 5.92 Å². The molecular weight excluding hydrogens is 140 g/mol. The molecule has 11 heavy (non-hydrogen) atoms. The summed E-state index contributed by atoms with van der Waals surface area (Å²) in [6.45, 7) is 4.57. The molecule has 0 radical (unpaired) electrons. The molecule has 0 unspecified atom stereocenters. The smallest absolute Gasteiger partial charge is 0.0621 e. The fraction of sp³-hybridized carbons (Fsp3) is 0.750. The third-order valence-electron chi connectivity index (χ3n) is 1.62. The second-order valence-electron chi connectivity index (χ2n) is 2.44. The number of hydrogen-bond donors (Lipinski definition) is 1. The molecule has 1 rings (SSSR count). The molecular formula is C8H14N2O. The normalized spacial score (nSPS) is 18.6. The lowest BCUT2D eigenvalue weighted by atomic mass is 10.4. The van der Waals surface area contributed by atoms with Crippen LogP contribution in [0.4, 0.5) is 0 Å². The van der Waals surface area contributed by atoms with E-state index in [4.69, 9.17) is 4.74 Å². The highest BCUT2D eigenvalue weighted by Crippen LogP contribution is 1.93. The van der Waals surface area contributed by atoms with E-state index in [0.29, 0.717) is 0 Å². The standard InChI is InChI=1S/C8H14N2O/c1-9-3-2-4-10-5-7-11-8-6-10/h9H,4-8H2,1H3. The third-order valence-corrected chi connectivity index (χ3v) is 1.62. The van der Waals surface area contributed by atoms with Crippen molar-refractivity contribution in [2.45, 2.75) is 0 Å². The maximum atomic E-state index is 5.20. The summed E-state index contributed by atoms with van der Waals surface area (Å²) < 4.78 is 5.20. The average molecular weight is 154 g/mol. The first-order valence-electron chi connectivity index (χ1n) is 3.88. The van der Waals surface area contributed by atoms with E-state index in [1.807, 2.05) is 7.05 Å². The minimum absolute atomic E-state index is 0.848. The van der Waals surface area contributed by atoms with Crippen LogP contribution in [0, 0.1) is 12.0 Å². The van der Waals surface area contributed by atoms with E-state index in [-0.39, 0.29) is 0 Å². The van der Waals surface area contributed by atoms with Crippen molar-refractivity contribution in [1.82, 2.24) is 10.2 Å². The topological polar surface area (TPSA) is 24.5 Å². The van der Waals surface area contributed by atoms with Gasteiger partial charge in [-0.25, -0.2) is 0 Å². The quantitative estimate of drug-likeness (QED) is 0.407. The number of nitrogens with one attached hydrogen (secondary N) is 1. The highest BCUT2D eigenvalue weighted by molar-refractivity contribution is 4.98. The summed E-state index contributed by atoms with van der Waals surface area (Å²) in [5.74, 6) is 3.01. The number of nitrogens with zero attached hydrogens (tertiary/aromatic N) is 1. The van der Waals surface area contributed by atoms with Gasteiger partial charge < -0.3 is 10.1 Å². The van der Waals surface area contributed by atoms with E-state index in [0.717, 1.165) is 32.8 Å². The SMILES string of the molecule is CNC#CCN1CCOCC1. The van der Waals surface area contributed by atoms with Crippen LogP contribution in [0.2, 0.25) is 0 Å². The highest BCUT2D eigenvalue weighted by Gasteiger charge is 2.07. The molecule has 1 heterocycles. The summed E-state index contributed by atoms with van der Waals surface area (Å²) in [6.07, 6.45) is 0. The van der Waals surface area contributed by atoms with Crippen LogP contribution in [-0.4, -0.2) is 44.8 Å². The van der Waals surface area contributed by atoms with E-state index >= 15 is 0 Å². The first-order chi connectivity index (χ1) is 5.43. The number of hydrogen-bond acceptors (Lipinski definition) is 3. The summed E-state index contributed by atoms with van der Waals surface area (Å²) in [6, 6.07) is 2.81. The van der Waals surface area contributed by atoms with E-state index in [9.17, 15) is 0 Å². The van der Waals surface area contributed by atoms with Crippen LogP contribution >= 0.6 is 0 Å². The van der Waals surface area contributed by atoms with Crippen molar-refractivity contribution in [3.8, 4) is 12.0 Å². The fourth-order valence-corrected chi connectivity index (χ4v) is 0.999. The minimum Gasteiger partial charge on any atom is -0.379 e. The Bertz CT molecular complexity index is 153. The molecule has 0 amide bonds. The van der Waals surface area contributed by atoms with Gasteiger partial charge in [-0.2, -0.15) is 0 Å². The van der Waals surface area contributed by atoms with Crippen LogP contribution in [0.5, 0.6) is 0 Å². The molecule has 0 aliphatic carbocycles. The minimum atomic E-state index is 0.848. The van der Waals surface area contributed by atoms with Gasteiger partial charge in [0.25, 0.3) is 0 Å². The zero-order chi connectivity index (χ0) is 7.94. The second-order valence-corrected chi connectivity index (χ2v) is 2.44.